The van der Waals surface area contributed by atoms with E-state index < -0.39 is 0 Å². The summed E-state index contributed by atoms with van der Waals surface area (Å²) >= 11 is 4.86. The number of hydrogen-bond donors (Lipinski definition) is 0. The van der Waals surface area contributed by atoms with Crippen molar-refractivity contribution in [3.8, 4) is 0 Å². The van der Waals surface area contributed by atoms with E-state index >= 15 is 0 Å². The van der Waals surface area contributed by atoms with Gasteiger partial charge in [-0.25, -0.2) is 5.01 Å². The van der Waals surface area contributed by atoms with Crippen LogP contribution >= 0.6 is 27.3 Å². The molecule has 6 nitrogen and oxygen atoms in total. The van der Waals surface area contributed by atoms with E-state index in [4.69, 9.17) is 4.42 Å². The highest BCUT2D eigenvalue weighted by Crippen LogP contribution is 2.36. The molecule has 1 aliphatic rings. The van der Waals surface area contributed by atoms with Crippen molar-refractivity contribution in [3.63, 3.8) is 0 Å². The molecule has 0 N–H and O–H groups in total. The van der Waals surface area contributed by atoms with Gasteiger partial charge in [0.05, 0.1) is 27.7 Å². The van der Waals surface area contributed by atoms with Crippen LogP contribution in [0, 0.1) is 0 Å². The maximum Gasteiger partial charge on any atom is 0.310 e. The van der Waals surface area contributed by atoms with Gasteiger partial charge in [0.25, 0.3) is 0 Å². The maximum atomic E-state index is 13.1. The average molecular weight is 453 g/mol. The molecule has 8 heteroatoms. The molecule has 0 radical (unpaired) electrons. The highest BCUT2D eigenvalue weighted by atomic mass is 79.9. The first-order chi connectivity index (χ1) is 13.7. The van der Waals surface area contributed by atoms with E-state index in [1.165, 1.54) is 5.01 Å². The van der Waals surface area contributed by atoms with Crippen molar-refractivity contribution in [2.45, 2.75) is 12.5 Å². The summed E-state index contributed by atoms with van der Waals surface area (Å²) in [5.41, 5.74) is 3.45. The van der Waals surface area contributed by atoms with Gasteiger partial charge in [-0.1, -0.05) is 12.1 Å². The predicted molar refractivity (Wildman–Crippen MR) is 110 cm³/mol. The van der Waals surface area contributed by atoms with E-state index in [-0.39, 0.29) is 17.7 Å². The van der Waals surface area contributed by atoms with Gasteiger partial charge in [0.1, 0.15) is 0 Å². The zero-order valence-electron chi connectivity index (χ0n) is 14.4. The topological polar surface area (TPSA) is 71.6 Å². The lowest BCUT2D eigenvalue weighted by molar-refractivity contribution is 0.0677. The summed E-state index contributed by atoms with van der Waals surface area (Å²) in [6.45, 7) is 0. The van der Waals surface area contributed by atoms with Gasteiger partial charge in [-0.05, 0) is 57.2 Å². The summed E-state index contributed by atoms with van der Waals surface area (Å²) < 4.78 is 5.98. The van der Waals surface area contributed by atoms with Gasteiger partial charge >= 0.3 is 5.91 Å². The molecule has 1 atom stereocenters. The predicted octanol–water partition coefficient (Wildman–Crippen LogP) is 5.04. The van der Waals surface area contributed by atoms with E-state index in [2.05, 4.69) is 31.0 Å². The van der Waals surface area contributed by atoms with Gasteiger partial charge in [0.2, 0.25) is 0 Å². The number of benzene rings is 1. The first-order valence-corrected chi connectivity index (χ1v) is 10.3. The molecular formula is C20H13BrN4O2S. The maximum absolute atomic E-state index is 13.1. The molecule has 0 spiro atoms. The van der Waals surface area contributed by atoms with E-state index in [0.29, 0.717) is 11.1 Å². The van der Waals surface area contributed by atoms with Crippen LogP contribution in [0.25, 0.3) is 11.0 Å². The van der Waals surface area contributed by atoms with Crippen LogP contribution in [-0.4, -0.2) is 26.6 Å². The number of nitrogens with zero attached hydrogens (tertiary/aromatic N) is 4. The van der Waals surface area contributed by atoms with Gasteiger partial charge in [0, 0.05) is 18.8 Å². The number of hydrogen-bond acceptors (Lipinski definition) is 6. The first-order valence-electron chi connectivity index (χ1n) is 8.60. The Hall–Kier alpha value is -2.84. The molecule has 0 saturated heterocycles. The highest BCUT2D eigenvalue weighted by Gasteiger charge is 2.35. The van der Waals surface area contributed by atoms with Crippen molar-refractivity contribution >= 4 is 49.9 Å². The van der Waals surface area contributed by atoms with Gasteiger partial charge in [-0.2, -0.15) is 5.10 Å². The number of aromatic nitrogens is 2. The monoisotopic (exact) mass is 452 g/mol. The fourth-order valence-corrected chi connectivity index (χ4v) is 4.31. The van der Waals surface area contributed by atoms with Crippen LogP contribution in [-0.2, 0) is 0 Å². The molecule has 4 heterocycles. The SMILES string of the molecule is O=C(c1ccc(Br)o1)N1N=C(c2cccs2)CC1c1ccc2nccnc2c1. The van der Waals surface area contributed by atoms with E-state index in [0.717, 1.165) is 27.2 Å². The second-order valence-electron chi connectivity index (χ2n) is 6.30. The molecule has 1 amide bonds. The van der Waals surface area contributed by atoms with Crippen molar-refractivity contribution in [3.05, 3.63) is 81.1 Å². The molecule has 3 aromatic heterocycles. The zero-order chi connectivity index (χ0) is 19.1. The molecule has 0 bridgehead atoms. The molecule has 5 rings (SSSR count). The number of furan rings is 1. The molecule has 0 saturated carbocycles. The lowest BCUT2D eigenvalue weighted by Gasteiger charge is -2.21. The number of rotatable bonds is 3. The van der Waals surface area contributed by atoms with Crippen LogP contribution in [0.15, 0.2) is 74.4 Å². The van der Waals surface area contributed by atoms with Gasteiger partial charge in [-0.3, -0.25) is 14.8 Å². The van der Waals surface area contributed by atoms with Crippen LogP contribution in [0.5, 0.6) is 0 Å². The smallest absolute Gasteiger partial charge is 0.310 e. The van der Waals surface area contributed by atoms with Crippen LogP contribution in [0.2, 0.25) is 0 Å². The summed E-state index contributed by atoms with van der Waals surface area (Å²) in [7, 11) is 0. The second-order valence-corrected chi connectivity index (χ2v) is 8.03. The summed E-state index contributed by atoms with van der Waals surface area (Å²) in [6, 6.07) is 13.0. The minimum atomic E-state index is -0.276. The Morgan fingerprint density at radius 2 is 2.00 bits per heavy atom. The third-order valence-corrected chi connectivity index (χ3v) is 5.93. The van der Waals surface area contributed by atoms with Crippen molar-refractivity contribution in [2.75, 3.05) is 0 Å². The zero-order valence-corrected chi connectivity index (χ0v) is 16.9. The number of carbonyl (C=O) groups is 1. The first kappa shape index (κ1) is 17.3. The number of thiophene rings is 1. The van der Waals surface area contributed by atoms with Gasteiger partial charge in [-0.15, -0.1) is 11.3 Å². The molecule has 0 aliphatic carbocycles. The van der Waals surface area contributed by atoms with Crippen LogP contribution < -0.4 is 0 Å². The Kier molecular flexibility index (Phi) is 4.29. The number of carbonyl (C=O) groups excluding carboxylic acids is 1. The van der Waals surface area contributed by atoms with E-state index in [1.807, 2.05) is 35.7 Å². The number of hydrazone groups is 1. The molecule has 1 unspecified atom stereocenters. The third kappa shape index (κ3) is 3.04. The Morgan fingerprint density at radius 1 is 1.14 bits per heavy atom. The Morgan fingerprint density at radius 3 is 2.75 bits per heavy atom. The standard InChI is InChI=1S/C20H13BrN4O2S/c21-19-6-5-17(27-19)20(26)25-16(11-15(24-25)18-2-1-9-28-18)12-3-4-13-14(10-12)23-8-7-22-13/h1-10,16H,11H2. The van der Waals surface area contributed by atoms with E-state index in [1.54, 1.807) is 35.9 Å². The lowest BCUT2D eigenvalue weighted by atomic mass is 10.0. The minimum Gasteiger partial charge on any atom is -0.444 e. The Labute approximate surface area is 172 Å². The lowest BCUT2D eigenvalue weighted by Crippen LogP contribution is -2.26. The Bertz CT molecular complexity index is 1200. The third-order valence-electron chi connectivity index (χ3n) is 4.59. The summed E-state index contributed by atoms with van der Waals surface area (Å²) in [4.78, 5) is 22.9. The van der Waals surface area contributed by atoms with Crippen molar-refractivity contribution < 1.29 is 9.21 Å². The fraction of sp³-hybridized carbons (Fsp3) is 0.100. The molecule has 1 aliphatic heterocycles. The molecule has 0 fully saturated rings. The van der Waals surface area contributed by atoms with E-state index in [9.17, 15) is 4.79 Å². The van der Waals surface area contributed by atoms with Gasteiger partial charge < -0.3 is 4.42 Å². The van der Waals surface area contributed by atoms with Crippen molar-refractivity contribution in [2.24, 2.45) is 5.10 Å². The van der Waals surface area contributed by atoms with Crippen LogP contribution in [0.3, 0.4) is 0 Å². The Balaban J connectivity index is 1.57. The minimum absolute atomic E-state index is 0.236. The average Bonchev–Trinajstić information content (AvgIpc) is 3.47. The summed E-state index contributed by atoms with van der Waals surface area (Å²) in [6.07, 6.45) is 3.96. The summed E-state index contributed by atoms with van der Waals surface area (Å²) in [5, 5.41) is 8.17. The number of halogens is 1. The number of fused-ring (bicyclic) bond motifs is 1. The fourth-order valence-electron chi connectivity index (χ4n) is 3.28. The van der Waals surface area contributed by atoms with Gasteiger partial charge in [0.15, 0.2) is 10.4 Å². The van der Waals surface area contributed by atoms with Crippen molar-refractivity contribution in [1.82, 2.24) is 15.0 Å². The quantitative estimate of drug-likeness (QED) is 0.436. The normalized spacial score (nSPS) is 16.5. The molecule has 1 aromatic carbocycles. The highest BCUT2D eigenvalue weighted by molar-refractivity contribution is 9.10. The second kappa shape index (κ2) is 6.96. The molecule has 138 valence electrons. The molecule has 28 heavy (non-hydrogen) atoms. The largest absolute Gasteiger partial charge is 0.444 e. The number of amides is 1. The van der Waals surface area contributed by atoms with Crippen LogP contribution in [0.1, 0.15) is 33.5 Å². The molecule has 4 aromatic rings. The van der Waals surface area contributed by atoms with Crippen molar-refractivity contribution in [1.29, 1.82) is 0 Å². The summed E-state index contributed by atoms with van der Waals surface area (Å²) in [5.74, 6) is -0.0323. The molecular weight excluding hydrogens is 440 g/mol. The van der Waals surface area contributed by atoms with Crippen LogP contribution in [0.4, 0.5) is 0 Å².